The molecule has 1 aromatic carbocycles. The number of rotatable bonds is 9. The molecular weight excluding hydrogens is 411 g/mol. The molecule has 0 unspecified atom stereocenters. The number of hydrogen-bond donors (Lipinski definition) is 1. The van der Waals surface area contributed by atoms with Crippen molar-refractivity contribution in [1.29, 1.82) is 0 Å². The van der Waals surface area contributed by atoms with Crippen LogP contribution >= 0.6 is 11.6 Å². The molecule has 1 saturated heterocycles. The molecule has 6 heteroatoms. The molecule has 3 rings (SSSR count). The van der Waals surface area contributed by atoms with E-state index in [1.807, 2.05) is 37.5 Å². The lowest BCUT2D eigenvalue weighted by atomic mass is 10.1. The van der Waals surface area contributed by atoms with Crippen molar-refractivity contribution in [3.8, 4) is 0 Å². The second kappa shape index (κ2) is 10.5. The lowest BCUT2D eigenvalue weighted by Crippen LogP contribution is -2.44. The summed E-state index contributed by atoms with van der Waals surface area (Å²) >= 11 is 6.53. The molecule has 1 fully saturated rings. The highest BCUT2D eigenvalue weighted by Crippen LogP contribution is 2.30. The highest BCUT2D eigenvalue weighted by molar-refractivity contribution is 6.35. The smallest absolute Gasteiger partial charge is 0.0898 e. The largest absolute Gasteiger partial charge is 0.393 e. The van der Waals surface area contributed by atoms with Gasteiger partial charge in [-0.15, -0.1) is 0 Å². The average molecular weight is 441 g/mol. The first-order valence-corrected chi connectivity index (χ1v) is 10.9. The van der Waals surface area contributed by atoms with Crippen molar-refractivity contribution in [2.24, 2.45) is 0 Å². The predicted octanol–water partition coefficient (Wildman–Crippen LogP) is 5.49. The SMILES string of the molecule is C=C/C(=C\NC)c1cc(Cl)c2ccc(C(=C)N3CCN(C(=C)CCCF)CC3)cc2n1. The van der Waals surface area contributed by atoms with Crippen molar-refractivity contribution < 1.29 is 4.39 Å². The first-order chi connectivity index (χ1) is 15.0. The van der Waals surface area contributed by atoms with Crippen LogP contribution in [0.25, 0.3) is 22.2 Å². The van der Waals surface area contributed by atoms with Gasteiger partial charge in [0.25, 0.3) is 0 Å². The van der Waals surface area contributed by atoms with Crippen molar-refractivity contribution in [3.63, 3.8) is 0 Å². The number of fused-ring (bicyclic) bond motifs is 1. The van der Waals surface area contributed by atoms with E-state index in [4.69, 9.17) is 16.6 Å². The number of nitrogens with zero attached hydrogens (tertiary/aromatic N) is 3. The van der Waals surface area contributed by atoms with E-state index in [2.05, 4.69) is 34.9 Å². The van der Waals surface area contributed by atoms with E-state index >= 15 is 0 Å². The summed E-state index contributed by atoms with van der Waals surface area (Å²) in [6.45, 7) is 15.5. The van der Waals surface area contributed by atoms with Crippen LogP contribution in [0.4, 0.5) is 4.39 Å². The number of halogens is 2. The molecule has 0 atom stereocenters. The van der Waals surface area contributed by atoms with Gasteiger partial charge in [0.15, 0.2) is 0 Å². The van der Waals surface area contributed by atoms with Gasteiger partial charge in [-0.25, -0.2) is 4.98 Å². The van der Waals surface area contributed by atoms with Crippen molar-refractivity contribution in [2.75, 3.05) is 39.9 Å². The number of benzene rings is 1. The van der Waals surface area contributed by atoms with Crippen LogP contribution in [0, 0.1) is 0 Å². The van der Waals surface area contributed by atoms with Crippen molar-refractivity contribution in [3.05, 3.63) is 78.3 Å². The summed E-state index contributed by atoms with van der Waals surface area (Å²) < 4.78 is 12.4. The molecule has 2 aromatic rings. The summed E-state index contributed by atoms with van der Waals surface area (Å²) in [5.74, 6) is 0. The second-order valence-electron chi connectivity index (χ2n) is 7.59. The third kappa shape index (κ3) is 5.28. The van der Waals surface area contributed by atoms with Crippen LogP contribution in [-0.4, -0.2) is 54.7 Å². The van der Waals surface area contributed by atoms with Gasteiger partial charge in [0.2, 0.25) is 0 Å². The van der Waals surface area contributed by atoms with Crippen LogP contribution in [0.5, 0.6) is 0 Å². The average Bonchev–Trinajstić information content (AvgIpc) is 2.80. The van der Waals surface area contributed by atoms with Gasteiger partial charge in [0, 0.05) is 61.8 Å². The topological polar surface area (TPSA) is 31.4 Å². The third-order valence-electron chi connectivity index (χ3n) is 5.62. The Kier molecular flexibility index (Phi) is 7.75. The second-order valence-corrected chi connectivity index (χ2v) is 8.00. The molecule has 1 N–H and O–H groups in total. The number of hydrogen-bond acceptors (Lipinski definition) is 4. The maximum Gasteiger partial charge on any atom is 0.0898 e. The van der Waals surface area contributed by atoms with Gasteiger partial charge in [-0.3, -0.25) is 4.39 Å². The summed E-state index contributed by atoms with van der Waals surface area (Å²) in [7, 11) is 1.84. The minimum absolute atomic E-state index is 0.295. The number of piperazine rings is 1. The standard InChI is InChI=1S/C25H30ClFN4/c1-5-20(17-28-4)24-16-23(26)22-9-8-21(15-25(22)29-24)19(3)31-13-11-30(12-14-31)18(2)7-6-10-27/h5,8-9,15-17,28H,1-3,6-7,10-14H2,4H3/b20-17+. The summed E-state index contributed by atoms with van der Waals surface area (Å²) in [6, 6.07) is 7.94. The Labute approximate surface area is 189 Å². The normalized spacial score (nSPS) is 14.6. The Morgan fingerprint density at radius 1 is 1.19 bits per heavy atom. The zero-order valence-electron chi connectivity index (χ0n) is 18.1. The zero-order valence-corrected chi connectivity index (χ0v) is 18.9. The number of nitrogens with one attached hydrogen (secondary N) is 1. The molecule has 0 spiro atoms. The monoisotopic (exact) mass is 440 g/mol. The van der Waals surface area contributed by atoms with Crippen molar-refractivity contribution in [1.82, 2.24) is 20.1 Å². The molecule has 1 aliphatic rings. The first-order valence-electron chi connectivity index (χ1n) is 10.5. The van der Waals surface area contributed by atoms with Crippen molar-refractivity contribution in [2.45, 2.75) is 12.8 Å². The summed E-state index contributed by atoms with van der Waals surface area (Å²) in [5, 5.41) is 4.57. The van der Waals surface area contributed by atoms with Gasteiger partial charge in [0.1, 0.15) is 0 Å². The highest BCUT2D eigenvalue weighted by atomic mass is 35.5. The van der Waals surface area contributed by atoms with Crippen molar-refractivity contribution >= 4 is 33.8 Å². The Balaban J connectivity index is 1.78. The van der Waals surface area contributed by atoms with E-state index < -0.39 is 0 Å². The Morgan fingerprint density at radius 2 is 1.90 bits per heavy atom. The van der Waals surface area contributed by atoms with E-state index in [0.717, 1.165) is 65.3 Å². The molecule has 0 bridgehead atoms. The van der Waals surface area contributed by atoms with Crippen LogP contribution in [0.1, 0.15) is 24.1 Å². The Bertz CT molecular complexity index is 1010. The van der Waals surface area contributed by atoms with E-state index in [1.165, 1.54) is 0 Å². The van der Waals surface area contributed by atoms with Crippen LogP contribution < -0.4 is 5.32 Å². The number of allylic oxidation sites excluding steroid dienone is 3. The minimum atomic E-state index is -0.295. The maximum atomic E-state index is 12.4. The summed E-state index contributed by atoms with van der Waals surface area (Å²) in [5.41, 5.74) is 5.48. The number of alkyl halides is 1. The Morgan fingerprint density at radius 3 is 2.55 bits per heavy atom. The number of pyridine rings is 1. The number of aromatic nitrogens is 1. The van der Waals surface area contributed by atoms with Gasteiger partial charge >= 0.3 is 0 Å². The fourth-order valence-electron chi connectivity index (χ4n) is 3.81. The third-order valence-corrected chi connectivity index (χ3v) is 5.93. The molecule has 4 nitrogen and oxygen atoms in total. The quantitative estimate of drug-likeness (QED) is 0.523. The fraction of sp³-hybridized carbons (Fsp3) is 0.320. The van der Waals surface area contributed by atoms with E-state index in [-0.39, 0.29) is 6.67 Å². The molecule has 0 radical (unpaired) electrons. The molecule has 1 aromatic heterocycles. The highest BCUT2D eigenvalue weighted by Gasteiger charge is 2.20. The van der Waals surface area contributed by atoms with Crippen LogP contribution in [0.3, 0.4) is 0 Å². The van der Waals surface area contributed by atoms with Gasteiger partial charge < -0.3 is 15.1 Å². The van der Waals surface area contributed by atoms with Gasteiger partial charge in [-0.2, -0.15) is 0 Å². The Hall–Kier alpha value is -2.79. The molecule has 0 aliphatic carbocycles. The van der Waals surface area contributed by atoms with E-state index in [1.54, 1.807) is 6.08 Å². The molecule has 2 heterocycles. The van der Waals surface area contributed by atoms with Crippen LogP contribution in [-0.2, 0) is 0 Å². The molecule has 1 aliphatic heterocycles. The van der Waals surface area contributed by atoms with Gasteiger partial charge in [-0.1, -0.05) is 49.5 Å². The molecular formula is C25H30ClFN4. The lowest BCUT2D eigenvalue weighted by Gasteiger charge is -2.39. The summed E-state index contributed by atoms with van der Waals surface area (Å²) in [6.07, 6.45) is 4.86. The van der Waals surface area contributed by atoms with Gasteiger partial charge in [0.05, 0.1) is 22.9 Å². The maximum absolute atomic E-state index is 12.4. The minimum Gasteiger partial charge on any atom is -0.393 e. The van der Waals surface area contributed by atoms with E-state index in [0.29, 0.717) is 17.9 Å². The van der Waals surface area contributed by atoms with Gasteiger partial charge in [-0.05, 0) is 30.5 Å². The first kappa shape index (κ1) is 22.9. The zero-order chi connectivity index (χ0) is 22.4. The molecule has 0 saturated carbocycles. The van der Waals surface area contributed by atoms with Crippen LogP contribution in [0.2, 0.25) is 5.02 Å². The molecule has 0 amide bonds. The molecule has 164 valence electrons. The fourth-order valence-corrected chi connectivity index (χ4v) is 4.07. The lowest BCUT2D eigenvalue weighted by molar-refractivity contribution is 0.208. The van der Waals surface area contributed by atoms with Crippen LogP contribution in [0.15, 0.2) is 62.0 Å². The van der Waals surface area contributed by atoms with E-state index in [9.17, 15) is 4.39 Å². The molecule has 31 heavy (non-hydrogen) atoms. The summed E-state index contributed by atoms with van der Waals surface area (Å²) in [4.78, 5) is 9.33. The predicted molar refractivity (Wildman–Crippen MR) is 131 cm³/mol.